The molecule has 57 heavy (non-hydrogen) atoms. The van der Waals surface area contributed by atoms with Gasteiger partial charge in [0.1, 0.15) is 55.7 Å². The highest BCUT2D eigenvalue weighted by atomic mass is 16.8. The second-order valence-corrected chi connectivity index (χ2v) is 13.1. The number of benzene rings is 2. The Hall–Kier alpha value is -5.10. The molecule has 4 rings (SSSR count). The lowest BCUT2D eigenvalue weighted by Crippen LogP contribution is -2.65. The van der Waals surface area contributed by atoms with Crippen molar-refractivity contribution in [1.29, 1.82) is 0 Å². The van der Waals surface area contributed by atoms with Crippen LogP contribution in [0.4, 0.5) is 0 Å². The van der Waals surface area contributed by atoms with E-state index < -0.39 is 91.9 Å². The van der Waals surface area contributed by atoms with Gasteiger partial charge in [0.2, 0.25) is 0 Å². The number of ether oxygens (including phenoxy) is 10. The molecule has 310 valence electrons. The molecule has 2 N–H and O–H groups in total. The van der Waals surface area contributed by atoms with Gasteiger partial charge in [-0.3, -0.25) is 14.4 Å². The van der Waals surface area contributed by atoms with Crippen LogP contribution >= 0.6 is 0 Å². The van der Waals surface area contributed by atoms with Gasteiger partial charge in [0.25, 0.3) is 0 Å². The molecule has 2 aromatic carbocycles. The maximum absolute atomic E-state index is 12.7. The Balaban J connectivity index is 1.52. The zero-order valence-electron chi connectivity index (χ0n) is 32.3. The van der Waals surface area contributed by atoms with E-state index in [4.69, 9.17) is 47.4 Å². The Morgan fingerprint density at radius 3 is 1.86 bits per heavy atom. The summed E-state index contributed by atoms with van der Waals surface area (Å²) in [7, 11) is 0. The van der Waals surface area contributed by atoms with Crippen molar-refractivity contribution in [2.45, 2.75) is 95.5 Å². The predicted octanol–water partition coefficient (Wildman–Crippen LogP) is 3.00. The van der Waals surface area contributed by atoms with E-state index in [-0.39, 0.29) is 6.61 Å². The van der Waals surface area contributed by atoms with E-state index in [1.54, 1.807) is 48.6 Å². The van der Waals surface area contributed by atoms with Crippen molar-refractivity contribution in [3.63, 3.8) is 0 Å². The molecule has 0 bridgehead atoms. The van der Waals surface area contributed by atoms with Gasteiger partial charge in [-0.1, -0.05) is 49.6 Å². The van der Waals surface area contributed by atoms with Crippen LogP contribution in [0, 0.1) is 0 Å². The molecule has 2 saturated heterocycles. The summed E-state index contributed by atoms with van der Waals surface area (Å²) in [4.78, 5) is 49.1. The van der Waals surface area contributed by atoms with Gasteiger partial charge < -0.3 is 57.6 Å². The van der Waals surface area contributed by atoms with Gasteiger partial charge in [0.05, 0.1) is 12.7 Å². The summed E-state index contributed by atoms with van der Waals surface area (Å²) in [6.07, 6.45) is -7.99. The van der Waals surface area contributed by atoms with E-state index in [9.17, 15) is 29.4 Å². The van der Waals surface area contributed by atoms with Gasteiger partial charge in [-0.25, -0.2) is 4.79 Å². The van der Waals surface area contributed by atoms with Gasteiger partial charge in [0, 0.05) is 26.8 Å². The molecule has 2 aliphatic heterocycles. The van der Waals surface area contributed by atoms with Gasteiger partial charge in [-0.15, -0.1) is 0 Å². The van der Waals surface area contributed by atoms with Gasteiger partial charge in [0.15, 0.2) is 30.9 Å². The first-order valence-corrected chi connectivity index (χ1v) is 18.3. The summed E-state index contributed by atoms with van der Waals surface area (Å²) in [5.41, 5.74) is 1.56. The number of hydrogen-bond donors (Lipinski definition) is 2. The van der Waals surface area contributed by atoms with Crippen molar-refractivity contribution in [2.24, 2.45) is 0 Å². The highest BCUT2D eigenvalue weighted by molar-refractivity contribution is 5.87. The number of esters is 4. The Labute approximate surface area is 330 Å². The summed E-state index contributed by atoms with van der Waals surface area (Å²) in [5, 5.41) is 22.7. The third kappa shape index (κ3) is 13.5. The normalized spacial score (nSPS) is 27.1. The van der Waals surface area contributed by atoms with E-state index in [0.29, 0.717) is 36.7 Å². The fourth-order valence-electron chi connectivity index (χ4n) is 5.96. The Morgan fingerprint density at radius 2 is 1.28 bits per heavy atom. The fraction of sp³-hybridized carbons (Fsp3) is 0.463. The van der Waals surface area contributed by atoms with Crippen molar-refractivity contribution in [2.75, 3.05) is 26.4 Å². The van der Waals surface area contributed by atoms with Gasteiger partial charge >= 0.3 is 23.9 Å². The summed E-state index contributed by atoms with van der Waals surface area (Å²) in [6.45, 7) is 12.4. The highest BCUT2D eigenvalue weighted by Gasteiger charge is 2.54. The summed E-state index contributed by atoms with van der Waals surface area (Å²) in [6, 6.07) is 14.2. The fourth-order valence-corrected chi connectivity index (χ4v) is 5.96. The molecule has 16 heteroatoms. The molecule has 2 fully saturated rings. The van der Waals surface area contributed by atoms with Crippen LogP contribution in [0.5, 0.6) is 11.5 Å². The quantitative estimate of drug-likeness (QED) is 0.0909. The van der Waals surface area contributed by atoms with Crippen molar-refractivity contribution in [1.82, 2.24) is 0 Å². The Morgan fingerprint density at radius 1 is 0.719 bits per heavy atom. The van der Waals surface area contributed by atoms with Crippen LogP contribution in [-0.2, 0) is 63.5 Å². The second kappa shape index (κ2) is 22.0. The van der Waals surface area contributed by atoms with E-state index in [1.165, 1.54) is 19.1 Å². The molecule has 0 saturated carbocycles. The third-order valence-corrected chi connectivity index (χ3v) is 8.58. The van der Waals surface area contributed by atoms with Crippen LogP contribution in [0.15, 0.2) is 79.9 Å². The molecule has 2 aliphatic rings. The lowest BCUT2D eigenvalue weighted by molar-refractivity contribution is -0.365. The predicted molar refractivity (Wildman–Crippen MR) is 200 cm³/mol. The molecule has 2 aromatic rings. The van der Waals surface area contributed by atoms with Gasteiger partial charge in [-0.2, -0.15) is 0 Å². The van der Waals surface area contributed by atoms with E-state index in [2.05, 4.69) is 13.2 Å². The van der Waals surface area contributed by atoms with E-state index in [0.717, 1.165) is 26.3 Å². The molecule has 0 unspecified atom stereocenters. The molecular weight excluding hydrogens is 748 g/mol. The monoisotopic (exact) mass is 798 g/mol. The number of carbonyl (C=O) groups excluding carboxylic acids is 4. The van der Waals surface area contributed by atoms with E-state index >= 15 is 0 Å². The average Bonchev–Trinajstić information content (AvgIpc) is 3.17. The maximum Gasteiger partial charge on any atom is 0.330 e. The number of aliphatic hydroxyl groups is 2. The smallest absolute Gasteiger partial charge is 0.330 e. The first-order valence-electron chi connectivity index (χ1n) is 18.3. The third-order valence-electron chi connectivity index (χ3n) is 8.58. The molecule has 2 heterocycles. The molecule has 0 spiro atoms. The first-order chi connectivity index (χ1) is 27.3. The van der Waals surface area contributed by atoms with Crippen LogP contribution in [0.1, 0.15) is 38.8 Å². The van der Waals surface area contributed by atoms with Crippen LogP contribution in [-0.4, -0.2) is 122 Å². The zero-order chi connectivity index (χ0) is 41.5. The minimum atomic E-state index is -1.75. The van der Waals surface area contributed by atoms with Crippen LogP contribution < -0.4 is 9.47 Å². The SMILES string of the molecule is C=CCOc1ccc(/C=C/C(=O)OC[C@H]2O[C@@H](OCCc3ccc(OCC=C)cc3)[C@H](O[C@@H]3O[C@@H](C)[C@H](OC(C)=O)[C@@H](OC(C)=O)[C@H]3OC(C)=O)[C@@H](O)[C@@H]2O)cc1. The summed E-state index contributed by atoms with van der Waals surface area (Å²) >= 11 is 0. The van der Waals surface area contributed by atoms with Crippen molar-refractivity contribution < 1.29 is 76.8 Å². The zero-order valence-corrected chi connectivity index (χ0v) is 32.3. The van der Waals surface area contributed by atoms with Crippen LogP contribution in [0.2, 0.25) is 0 Å². The number of hydrogen-bond acceptors (Lipinski definition) is 16. The minimum Gasteiger partial charge on any atom is -0.490 e. The van der Waals surface area contributed by atoms with Gasteiger partial charge in [-0.05, 0) is 54.8 Å². The summed E-state index contributed by atoms with van der Waals surface area (Å²) < 4.78 is 57.0. The minimum absolute atomic E-state index is 0.0206. The van der Waals surface area contributed by atoms with Crippen molar-refractivity contribution in [3.8, 4) is 11.5 Å². The van der Waals surface area contributed by atoms with Crippen LogP contribution in [0.25, 0.3) is 6.08 Å². The standard InChI is InChI=1S/C41H50O16/c1-7-20-48-30-14-9-28(10-15-30)13-18-33(45)51-23-32-34(46)35(47)37(40(56-32)50-22-19-29-11-16-31(17-12-29)49-21-8-2)57-41-39(55-27(6)44)38(54-26(5)43)36(24(3)52-41)53-25(4)42/h7-18,24,32,34-41,46-47H,1-2,19-23H2,3-6H3/b18-13+/t24-,32+,34+,35-,36-,37+,38+,39+,40+,41-/m0/s1. The largest absolute Gasteiger partial charge is 0.490 e. The average molecular weight is 799 g/mol. The number of carbonyl (C=O) groups is 4. The molecule has 16 nitrogen and oxygen atoms in total. The lowest BCUT2D eigenvalue weighted by atomic mass is 9.97. The van der Waals surface area contributed by atoms with Crippen molar-refractivity contribution in [3.05, 3.63) is 91.0 Å². The maximum atomic E-state index is 12.7. The molecular formula is C41H50O16. The molecule has 0 radical (unpaired) electrons. The van der Waals surface area contributed by atoms with Crippen LogP contribution in [0.3, 0.4) is 0 Å². The first kappa shape index (κ1) is 44.6. The van der Waals surface area contributed by atoms with Crippen molar-refractivity contribution >= 4 is 30.0 Å². The van der Waals surface area contributed by atoms with E-state index in [1.807, 2.05) is 12.1 Å². The molecule has 0 amide bonds. The topological polar surface area (TPSA) is 201 Å². The summed E-state index contributed by atoms with van der Waals surface area (Å²) in [5.74, 6) is -1.79. The highest BCUT2D eigenvalue weighted by Crippen LogP contribution is 2.33. The number of aliphatic hydroxyl groups excluding tert-OH is 2. The Kier molecular flexibility index (Phi) is 17.2. The lowest BCUT2D eigenvalue weighted by Gasteiger charge is -2.47. The molecule has 0 aromatic heterocycles. The Bertz CT molecular complexity index is 1670. The molecule has 0 aliphatic carbocycles. The second-order valence-electron chi connectivity index (χ2n) is 13.1. The number of rotatable bonds is 19. The molecule has 10 atom stereocenters.